The van der Waals surface area contributed by atoms with Crippen LogP contribution in [0.15, 0.2) is 379 Å². The second kappa shape index (κ2) is 29.2. The van der Waals surface area contributed by atoms with Gasteiger partial charge in [-0.3, -0.25) is 0 Å². The van der Waals surface area contributed by atoms with E-state index in [0.29, 0.717) is 11.6 Å². The molecule has 24 rings (SSSR count). The topological polar surface area (TPSA) is 117 Å². The molecule has 0 saturated carbocycles. The Morgan fingerprint density at radius 2 is 0.828 bits per heavy atom. The van der Waals surface area contributed by atoms with Crippen molar-refractivity contribution in [3.8, 4) is 113 Å². The predicted octanol–water partition coefficient (Wildman–Crippen LogP) is 29.6. The summed E-state index contributed by atoms with van der Waals surface area (Å²) in [5.74, 6) is 2.08. The van der Waals surface area contributed by atoms with Gasteiger partial charge in [-0.15, -0.1) is 11.3 Å². The van der Waals surface area contributed by atoms with Gasteiger partial charge in [-0.1, -0.05) is 314 Å². The molecule has 10 heteroatoms. The van der Waals surface area contributed by atoms with Gasteiger partial charge < -0.3 is 8.83 Å². The Bertz CT molecular complexity index is 7920. The van der Waals surface area contributed by atoms with E-state index in [1.807, 2.05) is 65.9 Å². The molecule has 22 aromatic rings. The molecule has 0 bridgehead atoms. The molecule has 122 heavy (non-hydrogen) atoms. The number of aromatic nitrogens is 7. The predicted molar refractivity (Wildman–Crippen MR) is 504 cm³/mol. The van der Waals surface area contributed by atoms with Crippen molar-refractivity contribution in [2.24, 2.45) is 0 Å². The largest absolute Gasteiger partial charge is 0.456 e. The summed E-state index contributed by atoms with van der Waals surface area (Å²) < 4.78 is 15.0. The van der Waals surface area contributed by atoms with Gasteiger partial charge in [-0.2, -0.15) is 0 Å². The fourth-order valence-electron chi connectivity index (χ4n) is 18.6. The highest BCUT2D eigenvalue weighted by Gasteiger charge is 2.46. The summed E-state index contributed by atoms with van der Waals surface area (Å²) in [7, 11) is 0. The van der Waals surface area contributed by atoms with Crippen molar-refractivity contribution >= 4 is 97.1 Å². The van der Waals surface area contributed by atoms with E-state index >= 15 is 0 Å². The van der Waals surface area contributed by atoms with E-state index in [1.165, 1.54) is 75.3 Å². The number of fused-ring (bicyclic) bond motifs is 18. The van der Waals surface area contributed by atoms with E-state index in [9.17, 15) is 0 Å². The molecule has 0 aliphatic heterocycles. The Balaban J connectivity index is 0.000000110. The standard InChI is InChI=1S/C41H28N2O.C38H26N4.C33H25NOS/c1-41(2)33-23-22-25-12-6-7-17-29(25)35(33)38-36(41)37(26-13-4-3-5-14-26)42-40(43-38)28-16-10-15-27(24-28)30-19-11-20-32-31-18-8-9-21-34(31)44-39(30)32;1-38(30-18-6-3-7-19-30)32-24-27-15-9-8-14-26(27)23-31(32)35-33(38)34(25-12-4-2-5-13-25)41-37(42-35)29-17-10-16-28(22-29)36-39-20-11-21-40-36;1-33(2,3)22-14-16-29-25(19-22)32-30(36-29)17-15-26(34-32)21-9-6-8-20(18-21)23-11-7-13-28-31(23)24-10-4-5-12-27(24)35-28/h3-24H,1-2H3;2-24H,1H3;4-19H,1-3H3. The molecule has 580 valence electrons. The first-order valence-electron chi connectivity index (χ1n) is 41.5. The molecule has 0 radical (unpaired) electrons. The number of furan rings is 2. The lowest BCUT2D eigenvalue weighted by molar-refractivity contribution is 0.591. The number of hydrogen-bond acceptors (Lipinski definition) is 10. The van der Waals surface area contributed by atoms with Gasteiger partial charge in [-0.05, 0) is 152 Å². The minimum Gasteiger partial charge on any atom is -0.456 e. The molecule has 2 aliphatic rings. The van der Waals surface area contributed by atoms with E-state index in [4.69, 9.17) is 33.8 Å². The van der Waals surface area contributed by atoms with Gasteiger partial charge >= 0.3 is 0 Å². The number of pyridine rings is 1. The number of hydrogen-bond donors (Lipinski definition) is 0. The van der Waals surface area contributed by atoms with Gasteiger partial charge in [-0.25, -0.2) is 34.9 Å². The van der Waals surface area contributed by atoms with Crippen LogP contribution in [-0.4, -0.2) is 34.9 Å². The van der Waals surface area contributed by atoms with Crippen LogP contribution in [0.2, 0.25) is 0 Å². The molecule has 0 spiro atoms. The van der Waals surface area contributed by atoms with Crippen LogP contribution in [0.1, 0.15) is 74.9 Å². The zero-order valence-electron chi connectivity index (χ0n) is 68.1. The summed E-state index contributed by atoms with van der Waals surface area (Å²) in [5.41, 5.74) is 29.4. The molecular formula is C112H79N7O2S. The minimum absolute atomic E-state index is 0.104. The zero-order valence-corrected chi connectivity index (χ0v) is 68.9. The summed E-state index contributed by atoms with van der Waals surface area (Å²) in [6.45, 7) is 13.7. The number of rotatable bonds is 9. The van der Waals surface area contributed by atoms with E-state index in [-0.39, 0.29) is 10.8 Å². The first kappa shape index (κ1) is 73.4. The molecule has 0 saturated heterocycles. The number of para-hydroxylation sites is 3. The van der Waals surface area contributed by atoms with Crippen molar-refractivity contribution in [1.82, 2.24) is 34.9 Å². The molecule has 0 N–H and O–H groups in total. The maximum absolute atomic E-state index is 6.39. The first-order chi connectivity index (χ1) is 59.7. The van der Waals surface area contributed by atoms with Crippen LogP contribution in [0.4, 0.5) is 0 Å². The lowest BCUT2D eigenvalue weighted by atomic mass is 9.73. The molecule has 7 aromatic heterocycles. The second-order valence-electron chi connectivity index (χ2n) is 33.5. The molecule has 0 fully saturated rings. The van der Waals surface area contributed by atoms with Gasteiger partial charge in [0, 0.05) is 116 Å². The normalized spacial score (nSPS) is 13.8. The fraction of sp³-hybridized carbons (Fsp3) is 0.0804. The Morgan fingerprint density at radius 3 is 1.54 bits per heavy atom. The monoisotopic (exact) mass is 1590 g/mol. The summed E-state index contributed by atoms with van der Waals surface area (Å²) >= 11 is 1.82. The Morgan fingerprint density at radius 1 is 0.311 bits per heavy atom. The van der Waals surface area contributed by atoms with E-state index < -0.39 is 5.41 Å². The Labute approximate surface area is 710 Å². The zero-order chi connectivity index (χ0) is 82.0. The maximum atomic E-state index is 6.39. The molecule has 0 amide bonds. The maximum Gasteiger partial charge on any atom is 0.160 e. The summed E-state index contributed by atoms with van der Waals surface area (Å²) in [5, 5.41) is 10.7. The Hall–Kier alpha value is -15.0. The van der Waals surface area contributed by atoms with Crippen molar-refractivity contribution in [1.29, 1.82) is 0 Å². The molecule has 2 aliphatic carbocycles. The number of thiophene rings is 1. The third-order valence-electron chi connectivity index (χ3n) is 24.7. The first-order valence-corrected chi connectivity index (χ1v) is 42.4. The highest BCUT2D eigenvalue weighted by atomic mass is 32.1. The minimum atomic E-state index is -0.445. The van der Waals surface area contributed by atoms with Crippen LogP contribution in [0, 0.1) is 0 Å². The molecule has 1 unspecified atom stereocenters. The molecule has 1 atom stereocenters. The van der Waals surface area contributed by atoms with Crippen molar-refractivity contribution in [3.63, 3.8) is 0 Å². The molecule has 7 heterocycles. The molecular weight excluding hydrogens is 1510 g/mol. The van der Waals surface area contributed by atoms with Crippen LogP contribution in [0.25, 0.3) is 198 Å². The SMILES string of the molecule is CC(C)(C)c1ccc2sc3ccc(-c4cccc(-c5cccc6oc7ccccc7c56)c4)nc3c2c1.CC1(C)c2ccc3ccccc3c2-c2nc(-c3cccc(-c4cccc5c4oc4ccccc45)c3)nc(-c3ccccc3)c21.CC1(c2ccccc2)c2cc3ccccc3cc2-c2nc(-c3cccc(-c4ncccn4)c3)nc(-c3ccccc3)c21. The summed E-state index contributed by atoms with van der Waals surface area (Å²) in [6, 6.07) is 126. The number of nitrogens with zero attached hydrogens (tertiary/aromatic N) is 7. The summed E-state index contributed by atoms with van der Waals surface area (Å²) in [4.78, 5) is 35.6. The average molecular weight is 1590 g/mol. The van der Waals surface area contributed by atoms with Crippen LogP contribution in [0.3, 0.4) is 0 Å². The van der Waals surface area contributed by atoms with Crippen LogP contribution in [-0.2, 0) is 16.2 Å². The lowest BCUT2D eigenvalue weighted by Gasteiger charge is -2.29. The van der Waals surface area contributed by atoms with E-state index in [2.05, 4.69) is 355 Å². The second-order valence-corrected chi connectivity index (χ2v) is 34.6. The van der Waals surface area contributed by atoms with Crippen molar-refractivity contribution in [2.75, 3.05) is 0 Å². The van der Waals surface area contributed by atoms with Gasteiger partial charge in [0.2, 0.25) is 0 Å². The highest BCUT2D eigenvalue weighted by Crippen LogP contribution is 2.57. The fourth-order valence-corrected chi connectivity index (χ4v) is 19.7. The van der Waals surface area contributed by atoms with Crippen LogP contribution in [0.5, 0.6) is 0 Å². The summed E-state index contributed by atoms with van der Waals surface area (Å²) in [6.07, 6.45) is 3.53. The molecule has 9 nitrogen and oxygen atoms in total. The van der Waals surface area contributed by atoms with E-state index in [1.54, 1.807) is 12.4 Å². The highest BCUT2D eigenvalue weighted by molar-refractivity contribution is 7.25. The van der Waals surface area contributed by atoms with Crippen molar-refractivity contribution in [3.05, 3.63) is 404 Å². The third-order valence-corrected chi connectivity index (χ3v) is 25.9. The van der Waals surface area contributed by atoms with Crippen molar-refractivity contribution in [2.45, 2.75) is 57.8 Å². The van der Waals surface area contributed by atoms with Crippen molar-refractivity contribution < 1.29 is 8.83 Å². The number of benzene rings is 15. The van der Waals surface area contributed by atoms with Gasteiger partial charge in [0.05, 0.1) is 38.7 Å². The lowest BCUT2D eigenvalue weighted by Crippen LogP contribution is -2.24. The Kier molecular flexibility index (Phi) is 17.6. The third kappa shape index (κ3) is 12.5. The van der Waals surface area contributed by atoms with Gasteiger partial charge in [0.25, 0.3) is 0 Å². The van der Waals surface area contributed by atoms with E-state index in [0.717, 1.165) is 145 Å². The quantitative estimate of drug-likeness (QED) is 0.139. The van der Waals surface area contributed by atoms with Gasteiger partial charge in [0.1, 0.15) is 22.3 Å². The van der Waals surface area contributed by atoms with Crippen LogP contribution < -0.4 is 0 Å². The smallest absolute Gasteiger partial charge is 0.160 e. The van der Waals surface area contributed by atoms with Gasteiger partial charge in [0.15, 0.2) is 17.5 Å². The average Bonchev–Trinajstić information content (AvgIpc) is 1.53. The molecule has 15 aromatic carbocycles. The van der Waals surface area contributed by atoms with Crippen LogP contribution >= 0.6 is 11.3 Å².